The molecule has 0 aliphatic rings. The van der Waals surface area contributed by atoms with E-state index in [1.165, 1.54) is 47.4 Å². The number of carbonyl (C=O) groups is 1. The van der Waals surface area contributed by atoms with E-state index in [2.05, 4.69) is 14.9 Å². The Hall–Kier alpha value is -5.05. The maximum Gasteiger partial charge on any atom is 0.387 e. The van der Waals surface area contributed by atoms with Gasteiger partial charge in [-0.15, -0.1) is 0 Å². The zero-order valence-corrected chi connectivity index (χ0v) is 22.8. The molecule has 5 rings (SSSR count). The molecule has 2 aromatic carbocycles. The maximum atomic E-state index is 15.0. The molecular formula is C28H19ClF6N6O3. The molecule has 0 spiro atoms. The van der Waals surface area contributed by atoms with Gasteiger partial charge in [-0.05, 0) is 42.0 Å². The number of halogens is 7. The molecule has 0 saturated heterocycles. The van der Waals surface area contributed by atoms with E-state index in [-0.39, 0.29) is 28.9 Å². The fourth-order valence-corrected chi connectivity index (χ4v) is 4.73. The third kappa shape index (κ3) is 6.17. The van der Waals surface area contributed by atoms with Gasteiger partial charge in [0.1, 0.15) is 17.6 Å². The van der Waals surface area contributed by atoms with Crippen molar-refractivity contribution in [2.45, 2.75) is 25.6 Å². The van der Waals surface area contributed by atoms with Gasteiger partial charge < -0.3 is 15.7 Å². The molecule has 0 bridgehead atoms. The quantitative estimate of drug-likeness (QED) is 0.116. The Morgan fingerprint density at radius 3 is 2.41 bits per heavy atom. The number of nitrogens with zero attached hydrogens (tertiary/aromatic N) is 5. The topological polar surface area (TPSA) is 115 Å². The third-order valence-electron chi connectivity index (χ3n) is 6.60. The molecule has 5 aromatic rings. The standard InChI is InChI=1S/C28H19ClF6N6O3/c29-19-4-6-23(44-28(34)35)24(25(19)31)15-2-5-21(41(43)13-15)22(10-17-7-8-39(38-17)27(32)33)40-12-16(11-37-40)14-1-3-18(26(36)42)20(30)9-14/h1-9,11-13,22,27-28H,10H2,(H2,36,42)/t22-/m1/s1. The number of alkyl halides is 4. The minimum Gasteiger partial charge on any atom is -0.618 e. The molecule has 3 aromatic heterocycles. The molecule has 16 heteroatoms. The summed E-state index contributed by atoms with van der Waals surface area (Å²) in [7, 11) is 0. The summed E-state index contributed by atoms with van der Waals surface area (Å²) in [5.41, 5.74) is 5.02. The lowest BCUT2D eigenvalue weighted by Gasteiger charge is -2.18. The van der Waals surface area contributed by atoms with Crippen LogP contribution in [-0.2, 0) is 6.42 Å². The number of carbonyl (C=O) groups excluding carboxylic acids is 1. The molecule has 0 aliphatic carbocycles. The van der Waals surface area contributed by atoms with Gasteiger partial charge in [0.2, 0.25) is 5.69 Å². The van der Waals surface area contributed by atoms with Crippen LogP contribution >= 0.6 is 11.6 Å². The first-order valence-electron chi connectivity index (χ1n) is 12.5. The van der Waals surface area contributed by atoms with Crippen molar-refractivity contribution >= 4 is 17.5 Å². The first-order chi connectivity index (χ1) is 20.9. The summed E-state index contributed by atoms with van der Waals surface area (Å²) >= 11 is 5.85. The molecule has 0 unspecified atom stereocenters. The molecule has 0 fully saturated rings. The summed E-state index contributed by atoms with van der Waals surface area (Å²) in [4.78, 5) is 11.4. The van der Waals surface area contributed by atoms with Gasteiger partial charge in [0.15, 0.2) is 12.0 Å². The number of amides is 1. The minimum atomic E-state index is -3.29. The third-order valence-corrected chi connectivity index (χ3v) is 6.89. The van der Waals surface area contributed by atoms with E-state index in [4.69, 9.17) is 17.3 Å². The van der Waals surface area contributed by atoms with Gasteiger partial charge in [-0.1, -0.05) is 17.7 Å². The molecule has 228 valence electrons. The fraction of sp³-hybridized carbons (Fsp3) is 0.143. The van der Waals surface area contributed by atoms with Crippen LogP contribution < -0.4 is 15.2 Å². The van der Waals surface area contributed by atoms with Crippen molar-refractivity contribution in [2.24, 2.45) is 5.73 Å². The van der Waals surface area contributed by atoms with E-state index in [0.29, 0.717) is 20.5 Å². The molecule has 1 atom stereocenters. The number of hydrogen-bond donors (Lipinski definition) is 1. The monoisotopic (exact) mass is 636 g/mol. The number of primary amides is 1. The lowest BCUT2D eigenvalue weighted by molar-refractivity contribution is -0.615. The Morgan fingerprint density at radius 1 is 1.02 bits per heavy atom. The van der Waals surface area contributed by atoms with Gasteiger partial charge in [0.25, 0.3) is 5.91 Å². The molecule has 0 saturated carbocycles. The summed E-state index contributed by atoms with van der Waals surface area (Å²) in [6.45, 7) is -6.21. The fourth-order valence-electron chi connectivity index (χ4n) is 4.57. The van der Waals surface area contributed by atoms with Crippen LogP contribution in [0.5, 0.6) is 5.75 Å². The van der Waals surface area contributed by atoms with Crippen molar-refractivity contribution < 1.29 is 40.6 Å². The van der Waals surface area contributed by atoms with E-state index in [9.17, 15) is 36.3 Å². The maximum absolute atomic E-state index is 15.0. The summed E-state index contributed by atoms with van der Waals surface area (Å²) in [5, 5.41) is 21.1. The van der Waals surface area contributed by atoms with Gasteiger partial charge in [0.05, 0.1) is 33.6 Å². The minimum absolute atomic E-state index is 0.0241. The number of aromatic nitrogens is 5. The van der Waals surface area contributed by atoms with Crippen molar-refractivity contribution in [1.29, 1.82) is 0 Å². The predicted octanol–water partition coefficient (Wildman–Crippen LogP) is 5.91. The summed E-state index contributed by atoms with van der Waals surface area (Å²) in [6, 6.07) is 8.61. The van der Waals surface area contributed by atoms with Gasteiger partial charge in [-0.3, -0.25) is 9.48 Å². The van der Waals surface area contributed by atoms with Crippen molar-refractivity contribution in [3.63, 3.8) is 0 Å². The normalized spacial score (nSPS) is 12.2. The van der Waals surface area contributed by atoms with Crippen molar-refractivity contribution in [1.82, 2.24) is 19.6 Å². The number of ether oxygens (including phenoxy) is 1. The first-order valence-corrected chi connectivity index (χ1v) is 12.9. The highest BCUT2D eigenvalue weighted by atomic mass is 35.5. The largest absolute Gasteiger partial charge is 0.618 e. The van der Waals surface area contributed by atoms with Crippen molar-refractivity contribution in [3.8, 4) is 28.0 Å². The Balaban J connectivity index is 1.57. The Bertz CT molecular complexity index is 1850. The number of benzene rings is 2. The van der Waals surface area contributed by atoms with Crippen LogP contribution in [0, 0.1) is 16.8 Å². The van der Waals surface area contributed by atoms with E-state index < -0.39 is 53.1 Å². The predicted molar refractivity (Wildman–Crippen MR) is 144 cm³/mol. The zero-order chi connectivity index (χ0) is 31.7. The SMILES string of the molecule is NC(=O)c1ccc(-c2cnn([C@H](Cc3ccn(C(F)F)n3)c3ccc(-c4c(OC(F)F)ccc(Cl)c4F)c[n+]3[O-])c2)cc1F. The molecule has 1 amide bonds. The zero-order valence-electron chi connectivity index (χ0n) is 22.1. The Labute approximate surface area is 249 Å². The molecule has 0 aliphatic heterocycles. The highest BCUT2D eigenvalue weighted by molar-refractivity contribution is 6.31. The highest BCUT2D eigenvalue weighted by Crippen LogP contribution is 2.37. The second-order valence-electron chi connectivity index (χ2n) is 9.33. The second kappa shape index (κ2) is 12.3. The van der Waals surface area contributed by atoms with Gasteiger partial charge in [-0.25, -0.2) is 13.5 Å². The summed E-state index contributed by atoms with van der Waals surface area (Å²) in [5.74, 6) is -3.48. The van der Waals surface area contributed by atoms with Crippen LogP contribution in [-0.4, -0.2) is 32.1 Å². The number of pyridine rings is 1. The van der Waals surface area contributed by atoms with Gasteiger partial charge in [-0.2, -0.15) is 32.5 Å². The first kappa shape index (κ1) is 30.4. The van der Waals surface area contributed by atoms with Crippen LogP contribution in [0.3, 0.4) is 0 Å². The van der Waals surface area contributed by atoms with Crippen molar-refractivity contribution in [3.05, 3.63) is 112 Å². The van der Waals surface area contributed by atoms with E-state index in [0.717, 1.165) is 30.6 Å². The van der Waals surface area contributed by atoms with Crippen LogP contribution in [0.2, 0.25) is 5.02 Å². The average Bonchev–Trinajstić information content (AvgIpc) is 3.64. The average molecular weight is 637 g/mol. The van der Waals surface area contributed by atoms with Crippen LogP contribution in [0.4, 0.5) is 26.3 Å². The lowest BCUT2D eigenvalue weighted by atomic mass is 10.0. The van der Waals surface area contributed by atoms with Crippen molar-refractivity contribution in [2.75, 3.05) is 0 Å². The Kier molecular flexibility index (Phi) is 8.49. The number of nitrogens with two attached hydrogens (primary N) is 1. The summed E-state index contributed by atoms with van der Waals surface area (Å²) < 4.78 is 88.2. The summed E-state index contributed by atoms with van der Waals surface area (Å²) in [6.07, 6.45) is 4.63. The smallest absolute Gasteiger partial charge is 0.387 e. The molecule has 44 heavy (non-hydrogen) atoms. The molecule has 9 nitrogen and oxygen atoms in total. The van der Waals surface area contributed by atoms with Gasteiger partial charge in [0, 0.05) is 30.4 Å². The number of rotatable bonds is 10. The van der Waals surface area contributed by atoms with Crippen LogP contribution in [0.15, 0.2) is 73.3 Å². The number of hydrogen-bond acceptors (Lipinski definition) is 5. The molecular weight excluding hydrogens is 618 g/mol. The Morgan fingerprint density at radius 2 is 1.77 bits per heavy atom. The van der Waals surface area contributed by atoms with Gasteiger partial charge >= 0.3 is 13.2 Å². The van der Waals surface area contributed by atoms with E-state index in [1.807, 2.05) is 0 Å². The molecule has 0 radical (unpaired) electrons. The second-order valence-corrected chi connectivity index (χ2v) is 9.74. The van der Waals surface area contributed by atoms with Crippen LogP contribution in [0.25, 0.3) is 22.3 Å². The molecule has 2 N–H and O–H groups in total. The lowest BCUT2D eigenvalue weighted by Crippen LogP contribution is -2.36. The van der Waals surface area contributed by atoms with E-state index >= 15 is 0 Å². The highest BCUT2D eigenvalue weighted by Gasteiger charge is 2.28. The van der Waals surface area contributed by atoms with E-state index in [1.54, 1.807) is 0 Å². The van der Waals surface area contributed by atoms with Crippen LogP contribution in [0.1, 0.15) is 34.3 Å². The molecule has 3 heterocycles.